The minimum atomic E-state index is -0.621. The smallest absolute Gasteiger partial charge is 0.262 e. The second kappa shape index (κ2) is 11.3. The van der Waals surface area contributed by atoms with Gasteiger partial charge < -0.3 is 15.0 Å². The van der Waals surface area contributed by atoms with Crippen LogP contribution in [0.2, 0.25) is 10.0 Å². The molecule has 2 amide bonds. The van der Waals surface area contributed by atoms with Gasteiger partial charge in [-0.05, 0) is 55.0 Å². The molecule has 1 aliphatic heterocycles. The summed E-state index contributed by atoms with van der Waals surface area (Å²) in [5, 5.41) is 3.31. The number of allylic oxidation sites excluding steroid dienone is 1. The van der Waals surface area contributed by atoms with Gasteiger partial charge in [-0.1, -0.05) is 41.9 Å². The quantitative estimate of drug-likeness (QED) is 0.557. The number of rotatable bonds is 8. The number of hydrogen-bond donors (Lipinski definition) is 1. The van der Waals surface area contributed by atoms with E-state index in [-0.39, 0.29) is 29.7 Å². The molecule has 0 atom stereocenters. The lowest BCUT2D eigenvalue weighted by molar-refractivity contribution is -0.132. The molecule has 32 heavy (non-hydrogen) atoms. The molecule has 0 aromatic heterocycles. The number of piperidine rings is 1. The SMILES string of the molecule is C=C(CCC(=O)N1CCC(c2ccc(Cl)cc2)CC1)NC(=O)COc1ccc(Cl)c(F)c1. The Bertz CT molecular complexity index is 974. The Morgan fingerprint density at radius 3 is 2.44 bits per heavy atom. The predicted octanol–water partition coefficient (Wildman–Crippen LogP) is 5.33. The molecule has 2 aromatic carbocycles. The Kier molecular flexibility index (Phi) is 8.53. The van der Waals surface area contributed by atoms with E-state index >= 15 is 0 Å². The second-order valence-electron chi connectivity index (χ2n) is 7.72. The van der Waals surface area contributed by atoms with Crippen LogP contribution >= 0.6 is 23.2 Å². The van der Waals surface area contributed by atoms with Crippen LogP contribution in [-0.2, 0) is 9.59 Å². The topological polar surface area (TPSA) is 58.6 Å². The van der Waals surface area contributed by atoms with Gasteiger partial charge in [-0.3, -0.25) is 9.59 Å². The zero-order valence-corrected chi connectivity index (χ0v) is 19.1. The number of nitrogens with one attached hydrogen (secondary N) is 1. The van der Waals surface area contributed by atoms with Crippen molar-refractivity contribution in [2.24, 2.45) is 0 Å². The van der Waals surface area contributed by atoms with Crippen LogP contribution in [0.15, 0.2) is 54.7 Å². The van der Waals surface area contributed by atoms with Gasteiger partial charge in [0, 0.05) is 36.3 Å². The van der Waals surface area contributed by atoms with Crippen molar-refractivity contribution in [3.63, 3.8) is 0 Å². The molecule has 5 nitrogen and oxygen atoms in total. The zero-order chi connectivity index (χ0) is 23.1. The van der Waals surface area contributed by atoms with Crippen molar-refractivity contribution in [1.82, 2.24) is 10.2 Å². The molecule has 1 heterocycles. The standard InChI is InChI=1S/C24H25Cl2FN2O3/c1-16(28-23(30)15-32-20-7-8-21(26)22(27)14-20)2-9-24(31)29-12-10-18(11-13-29)17-3-5-19(25)6-4-17/h3-8,14,18H,1-2,9-13,15H2,(H,28,30). The van der Waals surface area contributed by atoms with Gasteiger partial charge in [0.1, 0.15) is 11.6 Å². The first-order chi connectivity index (χ1) is 15.3. The molecule has 0 saturated carbocycles. The lowest BCUT2D eigenvalue weighted by Gasteiger charge is -2.32. The number of benzene rings is 2. The summed E-state index contributed by atoms with van der Waals surface area (Å²) in [5.41, 5.74) is 1.69. The summed E-state index contributed by atoms with van der Waals surface area (Å²) in [6.07, 6.45) is 2.44. The highest BCUT2D eigenvalue weighted by molar-refractivity contribution is 6.30. The molecular formula is C24H25Cl2FN2O3. The Labute approximate surface area is 197 Å². The van der Waals surface area contributed by atoms with Crippen LogP contribution in [0.3, 0.4) is 0 Å². The highest BCUT2D eigenvalue weighted by atomic mass is 35.5. The highest BCUT2D eigenvalue weighted by Gasteiger charge is 2.23. The minimum Gasteiger partial charge on any atom is -0.484 e. The molecular weight excluding hydrogens is 454 g/mol. The summed E-state index contributed by atoms with van der Waals surface area (Å²) < 4.78 is 18.6. The number of amides is 2. The Hall–Kier alpha value is -2.57. The molecule has 0 unspecified atom stereocenters. The molecule has 8 heteroatoms. The minimum absolute atomic E-state index is 0.0194. The summed E-state index contributed by atoms with van der Waals surface area (Å²) in [4.78, 5) is 26.4. The lowest BCUT2D eigenvalue weighted by Crippen LogP contribution is -2.38. The van der Waals surface area contributed by atoms with E-state index in [9.17, 15) is 14.0 Å². The van der Waals surface area contributed by atoms with Gasteiger partial charge in [0.2, 0.25) is 5.91 Å². The van der Waals surface area contributed by atoms with E-state index in [1.54, 1.807) is 0 Å². The fraction of sp³-hybridized carbons (Fsp3) is 0.333. The van der Waals surface area contributed by atoms with Crippen molar-refractivity contribution in [3.05, 3.63) is 76.2 Å². The van der Waals surface area contributed by atoms with Crippen molar-refractivity contribution >= 4 is 35.0 Å². The Balaban J connectivity index is 1.35. The maximum atomic E-state index is 13.4. The maximum Gasteiger partial charge on any atom is 0.262 e. The largest absolute Gasteiger partial charge is 0.484 e. The normalized spacial score (nSPS) is 14.2. The molecule has 170 valence electrons. The molecule has 0 radical (unpaired) electrons. The fourth-order valence-electron chi connectivity index (χ4n) is 3.62. The van der Waals surface area contributed by atoms with Crippen molar-refractivity contribution in [1.29, 1.82) is 0 Å². The lowest BCUT2D eigenvalue weighted by atomic mass is 9.89. The molecule has 1 fully saturated rings. The summed E-state index contributed by atoms with van der Waals surface area (Å²) in [7, 11) is 0. The molecule has 1 saturated heterocycles. The van der Waals surface area contributed by atoms with Gasteiger partial charge >= 0.3 is 0 Å². The van der Waals surface area contributed by atoms with Gasteiger partial charge in [0.05, 0.1) is 5.02 Å². The molecule has 2 aromatic rings. The summed E-state index contributed by atoms with van der Waals surface area (Å²) >= 11 is 11.6. The van der Waals surface area contributed by atoms with Crippen LogP contribution in [0.25, 0.3) is 0 Å². The second-order valence-corrected chi connectivity index (χ2v) is 8.57. The van der Waals surface area contributed by atoms with E-state index in [0.717, 1.165) is 23.9 Å². The summed E-state index contributed by atoms with van der Waals surface area (Å²) in [6.45, 7) is 4.92. The molecule has 1 aliphatic rings. The van der Waals surface area contributed by atoms with Crippen LogP contribution in [0, 0.1) is 5.82 Å². The van der Waals surface area contributed by atoms with E-state index in [4.69, 9.17) is 27.9 Å². The number of ether oxygens (including phenoxy) is 1. The zero-order valence-electron chi connectivity index (χ0n) is 17.6. The Morgan fingerprint density at radius 2 is 1.78 bits per heavy atom. The van der Waals surface area contributed by atoms with Crippen molar-refractivity contribution in [2.45, 2.75) is 31.6 Å². The van der Waals surface area contributed by atoms with Crippen molar-refractivity contribution in [3.8, 4) is 5.75 Å². The van der Waals surface area contributed by atoms with Gasteiger partial charge in [0.25, 0.3) is 5.91 Å². The van der Waals surface area contributed by atoms with Crippen molar-refractivity contribution < 1.29 is 18.7 Å². The third-order valence-corrected chi connectivity index (χ3v) is 5.97. The third-order valence-electron chi connectivity index (χ3n) is 5.41. The summed E-state index contributed by atoms with van der Waals surface area (Å²) in [5.74, 6) is -0.376. The van der Waals surface area contributed by atoms with E-state index in [2.05, 4.69) is 11.9 Å². The van der Waals surface area contributed by atoms with E-state index in [1.165, 1.54) is 17.7 Å². The van der Waals surface area contributed by atoms with E-state index in [1.807, 2.05) is 29.2 Å². The molecule has 0 bridgehead atoms. The number of nitrogens with zero attached hydrogens (tertiary/aromatic N) is 1. The number of halogens is 3. The van der Waals surface area contributed by atoms with Crippen molar-refractivity contribution in [2.75, 3.05) is 19.7 Å². The molecule has 1 N–H and O–H groups in total. The van der Waals surface area contributed by atoms with Gasteiger partial charge in [-0.15, -0.1) is 0 Å². The predicted molar refractivity (Wildman–Crippen MR) is 123 cm³/mol. The third kappa shape index (κ3) is 6.97. The van der Waals surface area contributed by atoms with Crippen LogP contribution in [-0.4, -0.2) is 36.4 Å². The first kappa shape index (κ1) is 24.1. The fourth-order valence-corrected chi connectivity index (χ4v) is 3.87. The first-order valence-electron chi connectivity index (χ1n) is 10.4. The highest BCUT2D eigenvalue weighted by Crippen LogP contribution is 2.29. The Morgan fingerprint density at radius 1 is 1.09 bits per heavy atom. The van der Waals surface area contributed by atoms with Gasteiger partial charge in [0.15, 0.2) is 6.61 Å². The van der Waals surface area contributed by atoms with Gasteiger partial charge in [-0.25, -0.2) is 4.39 Å². The number of likely N-dealkylation sites (tertiary alicyclic amines) is 1. The summed E-state index contributed by atoms with van der Waals surface area (Å²) in [6, 6.07) is 11.8. The first-order valence-corrected chi connectivity index (χ1v) is 11.2. The van der Waals surface area contributed by atoms with E-state index in [0.29, 0.717) is 31.1 Å². The monoisotopic (exact) mass is 478 g/mol. The van der Waals surface area contributed by atoms with Gasteiger partial charge in [-0.2, -0.15) is 0 Å². The molecule has 0 spiro atoms. The van der Waals surface area contributed by atoms with Crippen LogP contribution in [0.5, 0.6) is 5.75 Å². The number of carbonyl (C=O) groups excluding carboxylic acids is 2. The van der Waals surface area contributed by atoms with Crippen LogP contribution in [0.4, 0.5) is 4.39 Å². The average molecular weight is 479 g/mol. The molecule has 0 aliphatic carbocycles. The number of hydrogen-bond acceptors (Lipinski definition) is 3. The average Bonchev–Trinajstić information content (AvgIpc) is 2.79. The van der Waals surface area contributed by atoms with Crippen LogP contribution in [0.1, 0.15) is 37.2 Å². The van der Waals surface area contributed by atoms with E-state index < -0.39 is 11.7 Å². The van der Waals surface area contributed by atoms with Crippen LogP contribution < -0.4 is 10.1 Å². The molecule has 3 rings (SSSR count). The number of carbonyl (C=O) groups is 2. The maximum absolute atomic E-state index is 13.4.